The number of carbonyl (C=O) groups excluding carboxylic acids is 1. The molecule has 6 nitrogen and oxygen atoms in total. The zero-order valence-electron chi connectivity index (χ0n) is 15.3. The number of nitrogens with one attached hydrogen (secondary N) is 1. The Kier molecular flexibility index (Phi) is 7.46. The van der Waals surface area contributed by atoms with Crippen molar-refractivity contribution in [1.82, 2.24) is 20.1 Å². The summed E-state index contributed by atoms with van der Waals surface area (Å²) in [5, 5.41) is 12.1. The van der Waals surface area contributed by atoms with E-state index in [-0.39, 0.29) is 11.2 Å². The summed E-state index contributed by atoms with van der Waals surface area (Å²) in [6.07, 6.45) is 0.808. The van der Waals surface area contributed by atoms with Gasteiger partial charge in [-0.25, -0.2) is 0 Å². The minimum atomic E-state index is -0.234. The summed E-state index contributed by atoms with van der Waals surface area (Å²) in [7, 11) is 1.66. The zero-order chi connectivity index (χ0) is 18.2. The molecule has 1 aromatic carbocycles. The van der Waals surface area contributed by atoms with Crippen LogP contribution in [-0.2, 0) is 16.1 Å². The molecule has 2 aromatic rings. The fourth-order valence-electron chi connectivity index (χ4n) is 2.47. The Hall–Kier alpha value is -1.86. The topological polar surface area (TPSA) is 69.0 Å². The number of amides is 1. The van der Waals surface area contributed by atoms with Gasteiger partial charge in [0.15, 0.2) is 11.0 Å². The lowest BCUT2D eigenvalue weighted by atomic mass is 10.1. The number of hydrogen-bond acceptors (Lipinski definition) is 5. The van der Waals surface area contributed by atoms with Gasteiger partial charge >= 0.3 is 0 Å². The minimum Gasteiger partial charge on any atom is -0.385 e. The van der Waals surface area contributed by atoms with Gasteiger partial charge in [-0.2, -0.15) is 0 Å². The van der Waals surface area contributed by atoms with Gasteiger partial charge in [-0.05, 0) is 32.8 Å². The molecule has 0 radical (unpaired) electrons. The molecule has 0 aliphatic heterocycles. The highest BCUT2D eigenvalue weighted by molar-refractivity contribution is 8.00. The Morgan fingerprint density at radius 1 is 1.36 bits per heavy atom. The number of aromatic nitrogens is 3. The number of ether oxygens (including phenoxy) is 1. The normalized spacial score (nSPS) is 12.2. The molecule has 1 N–H and O–H groups in total. The summed E-state index contributed by atoms with van der Waals surface area (Å²) in [5.41, 5.74) is 2.23. The molecule has 1 atom stereocenters. The average molecular weight is 362 g/mol. The van der Waals surface area contributed by atoms with Gasteiger partial charge in [0, 0.05) is 32.4 Å². The molecule has 0 saturated heterocycles. The van der Waals surface area contributed by atoms with Gasteiger partial charge in [0.25, 0.3) is 0 Å². The van der Waals surface area contributed by atoms with Crippen LogP contribution in [0, 0.1) is 6.92 Å². The van der Waals surface area contributed by atoms with Gasteiger partial charge in [-0.15, -0.1) is 10.2 Å². The molecule has 2 rings (SSSR count). The number of hydrogen-bond donors (Lipinski definition) is 1. The Labute approximate surface area is 153 Å². The Bertz CT molecular complexity index is 702. The maximum Gasteiger partial charge on any atom is 0.233 e. The largest absolute Gasteiger partial charge is 0.385 e. The highest BCUT2D eigenvalue weighted by Gasteiger charge is 2.20. The van der Waals surface area contributed by atoms with Gasteiger partial charge < -0.3 is 14.6 Å². The fraction of sp³-hybridized carbons (Fsp3) is 0.500. The Morgan fingerprint density at radius 3 is 2.80 bits per heavy atom. The standard InChI is InChI=1S/C18H26N4O2S/c1-5-22-16(15-10-7-6-9-13(15)2)20-21-18(22)25-14(3)17(23)19-11-8-12-24-4/h6-7,9-10,14H,5,8,11-12H2,1-4H3,(H,19,23). The molecule has 1 amide bonds. The summed E-state index contributed by atoms with van der Waals surface area (Å²) in [5.74, 6) is 0.847. The van der Waals surface area contributed by atoms with Crippen LogP contribution in [0.2, 0.25) is 0 Å². The molecule has 25 heavy (non-hydrogen) atoms. The van der Waals surface area contributed by atoms with Crippen molar-refractivity contribution in [2.24, 2.45) is 0 Å². The third kappa shape index (κ3) is 5.06. The van der Waals surface area contributed by atoms with Crippen LogP contribution in [0.5, 0.6) is 0 Å². The van der Waals surface area contributed by atoms with E-state index in [1.807, 2.05) is 25.1 Å². The first-order valence-corrected chi connectivity index (χ1v) is 9.39. The van der Waals surface area contributed by atoms with Crippen molar-refractivity contribution in [1.29, 1.82) is 0 Å². The number of rotatable bonds is 9. The van der Waals surface area contributed by atoms with Crippen LogP contribution in [0.4, 0.5) is 0 Å². The molecule has 0 fully saturated rings. The molecular formula is C18H26N4O2S. The third-order valence-corrected chi connectivity index (χ3v) is 4.98. The van der Waals surface area contributed by atoms with Gasteiger partial charge in [0.1, 0.15) is 0 Å². The quantitative estimate of drug-likeness (QED) is 0.549. The molecule has 0 aliphatic carbocycles. The number of aryl methyl sites for hydroxylation is 1. The summed E-state index contributed by atoms with van der Waals surface area (Å²) in [4.78, 5) is 12.2. The summed E-state index contributed by atoms with van der Waals surface area (Å²) in [6.45, 7) is 8.02. The second-order valence-electron chi connectivity index (χ2n) is 5.76. The first kappa shape index (κ1) is 19.5. The maximum atomic E-state index is 12.2. The lowest BCUT2D eigenvalue weighted by Crippen LogP contribution is -2.32. The van der Waals surface area contributed by atoms with Crippen molar-refractivity contribution in [2.45, 2.75) is 44.1 Å². The van der Waals surface area contributed by atoms with E-state index in [2.05, 4.69) is 40.0 Å². The first-order chi connectivity index (χ1) is 12.1. The van der Waals surface area contributed by atoms with Crippen molar-refractivity contribution in [2.75, 3.05) is 20.3 Å². The predicted octanol–water partition coefficient (Wildman–Crippen LogP) is 2.91. The number of benzene rings is 1. The van der Waals surface area contributed by atoms with Crippen molar-refractivity contribution in [3.05, 3.63) is 29.8 Å². The monoisotopic (exact) mass is 362 g/mol. The summed E-state index contributed by atoms with van der Waals surface area (Å²) < 4.78 is 7.04. The number of nitrogens with zero attached hydrogens (tertiary/aromatic N) is 3. The van der Waals surface area contributed by atoms with Crippen LogP contribution in [0.15, 0.2) is 29.4 Å². The Morgan fingerprint density at radius 2 is 2.12 bits per heavy atom. The second-order valence-corrected chi connectivity index (χ2v) is 7.07. The first-order valence-electron chi connectivity index (χ1n) is 8.51. The SMILES string of the molecule is CCn1c(SC(C)C(=O)NCCCOC)nnc1-c1ccccc1C. The molecule has 0 bridgehead atoms. The molecule has 1 heterocycles. The van der Waals surface area contributed by atoms with Crippen molar-refractivity contribution >= 4 is 17.7 Å². The van der Waals surface area contributed by atoms with Crippen LogP contribution in [0.3, 0.4) is 0 Å². The second kappa shape index (κ2) is 9.58. The third-order valence-electron chi connectivity index (χ3n) is 3.89. The van der Waals surface area contributed by atoms with Gasteiger partial charge in [-0.3, -0.25) is 4.79 Å². The smallest absolute Gasteiger partial charge is 0.233 e. The van der Waals surface area contributed by atoms with Crippen LogP contribution in [-0.4, -0.2) is 46.2 Å². The summed E-state index contributed by atoms with van der Waals surface area (Å²) >= 11 is 1.43. The zero-order valence-corrected chi connectivity index (χ0v) is 16.1. The number of thioether (sulfide) groups is 1. The van der Waals surface area contributed by atoms with Gasteiger partial charge in [0.2, 0.25) is 5.91 Å². The lowest BCUT2D eigenvalue weighted by Gasteiger charge is -2.13. The van der Waals surface area contributed by atoms with Crippen LogP contribution >= 0.6 is 11.8 Å². The highest BCUT2D eigenvalue weighted by Crippen LogP contribution is 2.28. The van der Waals surface area contributed by atoms with Crippen LogP contribution in [0.1, 0.15) is 25.8 Å². The van der Waals surface area contributed by atoms with Gasteiger partial charge in [-0.1, -0.05) is 36.0 Å². The van der Waals surface area contributed by atoms with E-state index in [1.165, 1.54) is 11.8 Å². The highest BCUT2D eigenvalue weighted by atomic mass is 32.2. The van der Waals surface area contributed by atoms with Crippen LogP contribution in [0.25, 0.3) is 11.4 Å². The Balaban J connectivity index is 2.08. The molecule has 1 aromatic heterocycles. The number of carbonyl (C=O) groups is 1. The van der Waals surface area contributed by atoms with E-state index < -0.39 is 0 Å². The van der Waals surface area contributed by atoms with E-state index in [0.29, 0.717) is 13.2 Å². The minimum absolute atomic E-state index is 0.00389. The van der Waals surface area contributed by atoms with Crippen molar-refractivity contribution in [3.63, 3.8) is 0 Å². The molecule has 136 valence electrons. The molecule has 0 spiro atoms. The molecule has 0 aliphatic rings. The lowest BCUT2D eigenvalue weighted by molar-refractivity contribution is -0.120. The molecular weight excluding hydrogens is 336 g/mol. The molecule has 1 unspecified atom stereocenters. The van der Waals surface area contributed by atoms with Gasteiger partial charge in [0.05, 0.1) is 5.25 Å². The van der Waals surface area contributed by atoms with Crippen molar-refractivity contribution in [3.8, 4) is 11.4 Å². The molecule has 0 saturated carbocycles. The number of methoxy groups -OCH3 is 1. The van der Waals surface area contributed by atoms with E-state index >= 15 is 0 Å². The molecule has 7 heteroatoms. The average Bonchev–Trinajstić information content (AvgIpc) is 3.01. The van der Waals surface area contributed by atoms with E-state index in [0.717, 1.165) is 35.1 Å². The van der Waals surface area contributed by atoms with Crippen LogP contribution < -0.4 is 5.32 Å². The summed E-state index contributed by atoms with van der Waals surface area (Å²) in [6, 6.07) is 8.12. The predicted molar refractivity (Wildman–Crippen MR) is 101 cm³/mol. The van der Waals surface area contributed by atoms with E-state index in [4.69, 9.17) is 4.74 Å². The van der Waals surface area contributed by atoms with E-state index in [1.54, 1.807) is 7.11 Å². The van der Waals surface area contributed by atoms with Crippen molar-refractivity contribution < 1.29 is 9.53 Å². The maximum absolute atomic E-state index is 12.2. The van der Waals surface area contributed by atoms with E-state index in [9.17, 15) is 4.79 Å². The fourth-order valence-corrected chi connectivity index (χ4v) is 3.40.